The van der Waals surface area contributed by atoms with E-state index in [4.69, 9.17) is 9.84 Å². The van der Waals surface area contributed by atoms with Crippen LogP contribution in [0.2, 0.25) is 0 Å². The molecule has 1 aliphatic heterocycles. The van der Waals surface area contributed by atoms with Crippen molar-refractivity contribution in [2.24, 2.45) is 0 Å². The highest BCUT2D eigenvalue weighted by Gasteiger charge is 2.22. The molecular formula is C19H27N3O3. The number of aliphatic hydroxyl groups excluding tert-OH is 1. The van der Waals surface area contributed by atoms with Crippen molar-refractivity contribution in [2.45, 2.75) is 26.4 Å². The SMILES string of the molecule is CC(C)(C)OC(=O)c1c[nH]c2ccc(N3CCN(CCO)CC3)cc12. The van der Waals surface area contributed by atoms with Gasteiger partial charge in [0, 0.05) is 55.5 Å². The number of aromatic amines is 1. The van der Waals surface area contributed by atoms with E-state index in [0.29, 0.717) is 5.56 Å². The lowest BCUT2D eigenvalue weighted by molar-refractivity contribution is 0.00719. The molecule has 3 rings (SSSR count). The molecule has 1 aliphatic rings. The maximum absolute atomic E-state index is 12.5. The van der Waals surface area contributed by atoms with Gasteiger partial charge in [-0.05, 0) is 39.0 Å². The van der Waals surface area contributed by atoms with Gasteiger partial charge in [-0.25, -0.2) is 4.79 Å². The lowest BCUT2D eigenvalue weighted by Gasteiger charge is -2.35. The highest BCUT2D eigenvalue weighted by atomic mass is 16.6. The number of aliphatic hydroxyl groups is 1. The molecule has 0 saturated carbocycles. The molecule has 0 radical (unpaired) electrons. The predicted octanol–water partition coefficient (Wildman–Crippen LogP) is 2.24. The van der Waals surface area contributed by atoms with Crippen LogP contribution in [0.3, 0.4) is 0 Å². The summed E-state index contributed by atoms with van der Waals surface area (Å²) in [5, 5.41) is 9.95. The highest BCUT2D eigenvalue weighted by molar-refractivity contribution is 6.05. The third kappa shape index (κ3) is 4.14. The molecule has 0 spiro atoms. The molecule has 1 aromatic heterocycles. The summed E-state index contributed by atoms with van der Waals surface area (Å²) in [5.74, 6) is -0.302. The number of esters is 1. The zero-order valence-electron chi connectivity index (χ0n) is 15.2. The van der Waals surface area contributed by atoms with Crippen molar-refractivity contribution in [2.75, 3.05) is 44.2 Å². The molecule has 0 bridgehead atoms. The van der Waals surface area contributed by atoms with Crippen molar-refractivity contribution in [1.29, 1.82) is 0 Å². The second-order valence-corrected chi connectivity index (χ2v) is 7.49. The third-order valence-corrected chi connectivity index (χ3v) is 4.44. The number of aromatic nitrogens is 1. The number of hydrogen-bond acceptors (Lipinski definition) is 5. The number of nitrogens with one attached hydrogen (secondary N) is 1. The monoisotopic (exact) mass is 345 g/mol. The minimum Gasteiger partial charge on any atom is -0.456 e. The first-order chi connectivity index (χ1) is 11.9. The average Bonchev–Trinajstić information content (AvgIpc) is 2.97. The van der Waals surface area contributed by atoms with E-state index in [1.165, 1.54) is 0 Å². The van der Waals surface area contributed by atoms with E-state index in [1.807, 2.05) is 26.8 Å². The van der Waals surface area contributed by atoms with Crippen LogP contribution in [0.5, 0.6) is 0 Å². The molecule has 25 heavy (non-hydrogen) atoms. The van der Waals surface area contributed by atoms with Gasteiger partial charge < -0.3 is 19.7 Å². The van der Waals surface area contributed by atoms with E-state index in [0.717, 1.165) is 49.3 Å². The number of β-amino-alcohol motifs (C(OH)–C–C–N with tert-alkyl or cyclic N) is 1. The number of ether oxygens (including phenoxy) is 1. The molecule has 1 fully saturated rings. The fourth-order valence-corrected chi connectivity index (χ4v) is 3.18. The van der Waals surface area contributed by atoms with Crippen molar-refractivity contribution in [1.82, 2.24) is 9.88 Å². The van der Waals surface area contributed by atoms with Crippen LogP contribution >= 0.6 is 0 Å². The molecule has 0 atom stereocenters. The number of H-pyrrole nitrogens is 1. The molecule has 2 aromatic rings. The van der Waals surface area contributed by atoms with Crippen LogP contribution in [0.25, 0.3) is 10.9 Å². The summed E-state index contributed by atoms with van der Waals surface area (Å²) in [7, 11) is 0. The first-order valence-corrected chi connectivity index (χ1v) is 8.80. The van der Waals surface area contributed by atoms with Crippen LogP contribution in [0.4, 0.5) is 5.69 Å². The van der Waals surface area contributed by atoms with Crippen LogP contribution in [0.15, 0.2) is 24.4 Å². The van der Waals surface area contributed by atoms with Gasteiger partial charge in [0.1, 0.15) is 5.60 Å². The maximum Gasteiger partial charge on any atom is 0.340 e. The van der Waals surface area contributed by atoms with Crippen molar-refractivity contribution in [3.05, 3.63) is 30.0 Å². The van der Waals surface area contributed by atoms with Gasteiger partial charge in [-0.1, -0.05) is 0 Å². The summed E-state index contributed by atoms with van der Waals surface area (Å²) < 4.78 is 5.51. The number of fused-ring (bicyclic) bond motifs is 1. The highest BCUT2D eigenvalue weighted by Crippen LogP contribution is 2.27. The van der Waals surface area contributed by atoms with Crippen LogP contribution in [0, 0.1) is 0 Å². The summed E-state index contributed by atoms with van der Waals surface area (Å²) in [5.41, 5.74) is 2.11. The molecule has 6 nitrogen and oxygen atoms in total. The Labute approximate surface area is 148 Å². The van der Waals surface area contributed by atoms with Crippen molar-refractivity contribution in [3.63, 3.8) is 0 Å². The quantitative estimate of drug-likeness (QED) is 0.832. The Bertz CT molecular complexity index is 740. The van der Waals surface area contributed by atoms with Gasteiger partial charge in [0.05, 0.1) is 12.2 Å². The molecule has 0 aliphatic carbocycles. The second-order valence-electron chi connectivity index (χ2n) is 7.49. The minimum atomic E-state index is -0.513. The summed E-state index contributed by atoms with van der Waals surface area (Å²) in [6, 6.07) is 6.16. The number of nitrogens with zero attached hydrogens (tertiary/aromatic N) is 2. The Morgan fingerprint density at radius 2 is 1.96 bits per heavy atom. The van der Waals surface area contributed by atoms with Gasteiger partial charge in [-0.2, -0.15) is 0 Å². The molecule has 1 aromatic carbocycles. The Morgan fingerprint density at radius 1 is 1.24 bits per heavy atom. The first-order valence-electron chi connectivity index (χ1n) is 8.80. The lowest BCUT2D eigenvalue weighted by atomic mass is 10.1. The number of carbonyl (C=O) groups excluding carboxylic acids is 1. The van der Waals surface area contributed by atoms with E-state index in [9.17, 15) is 4.79 Å². The summed E-state index contributed by atoms with van der Waals surface area (Å²) in [6.45, 7) is 10.2. The zero-order valence-corrected chi connectivity index (χ0v) is 15.2. The second kappa shape index (κ2) is 7.06. The number of hydrogen-bond donors (Lipinski definition) is 2. The molecule has 6 heteroatoms. The van der Waals surface area contributed by atoms with Crippen LogP contribution in [-0.2, 0) is 4.74 Å². The van der Waals surface area contributed by atoms with Crippen molar-refractivity contribution >= 4 is 22.6 Å². The Hall–Kier alpha value is -2.05. The Balaban J connectivity index is 1.80. The van der Waals surface area contributed by atoms with E-state index >= 15 is 0 Å². The largest absolute Gasteiger partial charge is 0.456 e. The van der Waals surface area contributed by atoms with Crippen LogP contribution in [-0.4, -0.2) is 65.9 Å². The van der Waals surface area contributed by atoms with E-state index in [1.54, 1.807) is 6.20 Å². The standard InChI is InChI=1S/C19H27N3O3/c1-19(2,3)25-18(24)16-13-20-17-5-4-14(12-15(16)17)22-8-6-21(7-9-22)10-11-23/h4-5,12-13,20,23H,6-11H2,1-3H3. The fraction of sp³-hybridized carbons (Fsp3) is 0.526. The fourth-order valence-electron chi connectivity index (χ4n) is 3.18. The maximum atomic E-state index is 12.5. The first kappa shape index (κ1) is 17.8. The normalized spacial score (nSPS) is 16.4. The van der Waals surface area contributed by atoms with Gasteiger partial charge in [0.15, 0.2) is 0 Å². The van der Waals surface area contributed by atoms with Crippen LogP contribution in [0.1, 0.15) is 31.1 Å². The van der Waals surface area contributed by atoms with Gasteiger partial charge in [0.25, 0.3) is 0 Å². The summed E-state index contributed by atoms with van der Waals surface area (Å²) >= 11 is 0. The number of anilines is 1. The average molecular weight is 345 g/mol. The smallest absolute Gasteiger partial charge is 0.340 e. The topological polar surface area (TPSA) is 68.8 Å². The van der Waals surface area contributed by atoms with E-state index in [2.05, 4.69) is 26.9 Å². The molecule has 0 amide bonds. The number of benzene rings is 1. The van der Waals surface area contributed by atoms with Gasteiger partial charge in [-0.3, -0.25) is 4.90 Å². The van der Waals surface area contributed by atoms with Gasteiger partial charge in [-0.15, -0.1) is 0 Å². The molecule has 0 unspecified atom stereocenters. The van der Waals surface area contributed by atoms with Crippen molar-refractivity contribution < 1.29 is 14.6 Å². The lowest BCUT2D eigenvalue weighted by Crippen LogP contribution is -2.47. The van der Waals surface area contributed by atoms with E-state index < -0.39 is 5.60 Å². The Morgan fingerprint density at radius 3 is 2.60 bits per heavy atom. The van der Waals surface area contributed by atoms with Crippen molar-refractivity contribution in [3.8, 4) is 0 Å². The predicted molar refractivity (Wildman–Crippen MR) is 99.2 cm³/mol. The summed E-state index contributed by atoms with van der Waals surface area (Å²) in [4.78, 5) is 20.2. The summed E-state index contributed by atoms with van der Waals surface area (Å²) in [6.07, 6.45) is 1.72. The number of rotatable bonds is 4. The van der Waals surface area contributed by atoms with Gasteiger partial charge in [0.2, 0.25) is 0 Å². The zero-order chi connectivity index (χ0) is 18.0. The molecule has 136 valence electrons. The molecule has 2 heterocycles. The molecule has 1 saturated heterocycles. The third-order valence-electron chi connectivity index (χ3n) is 4.44. The minimum absolute atomic E-state index is 0.203. The number of piperazine rings is 1. The molecular weight excluding hydrogens is 318 g/mol. The van der Waals surface area contributed by atoms with E-state index in [-0.39, 0.29) is 12.6 Å². The van der Waals surface area contributed by atoms with Gasteiger partial charge >= 0.3 is 5.97 Å². The molecule has 2 N–H and O–H groups in total. The number of carbonyl (C=O) groups is 1. The van der Waals surface area contributed by atoms with Crippen LogP contribution < -0.4 is 4.90 Å². The Kier molecular flexibility index (Phi) is 5.01.